The molecule has 0 aromatic heterocycles. The molecule has 0 radical (unpaired) electrons. The van der Waals surface area contributed by atoms with Crippen LogP contribution in [0.5, 0.6) is 0 Å². The highest BCUT2D eigenvalue weighted by Gasteiger charge is 2.36. The van der Waals surface area contributed by atoms with Crippen LogP contribution in [0.4, 0.5) is 23.7 Å². The van der Waals surface area contributed by atoms with Crippen molar-refractivity contribution in [3.05, 3.63) is 59.1 Å². The first-order valence-corrected chi connectivity index (χ1v) is 13.4. The van der Waals surface area contributed by atoms with Gasteiger partial charge < -0.3 is 14.5 Å². The van der Waals surface area contributed by atoms with Crippen molar-refractivity contribution in [2.24, 2.45) is 5.92 Å². The standard InChI is InChI=1S/C24H25ClF3N3O5S/c25-20-9-8-18(24(26,27)28)13-21(20)31(37(34,35)19-6-2-1-3-7-19)16-22(32)29-10-4-5-17(14-29)15-30-11-12-36-23(30)33/h1-3,6-9,13,17H,4-5,10-12,14-16H2. The molecule has 0 aliphatic carbocycles. The van der Waals surface area contributed by atoms with Crippen LogP contribution in [-0.4, -0.2) is 69.5 Å². The summed E-state index contributed by atoms with van der Waals surface area (Å²) in [7, 11) is -4.45. The summed E-state index contributed by atoms with van der Waals surface area (Å²) in [5.74, 6) is -0.624. The molecule has 1 unspecified atom stereocenters. The lowest BCUT2D eigenvalue weighted by Gasteiger charge is -2.35. The number of sulfonamides is 1. The molecule has 2 aromatic carbocycles. The first-order chi connectivity index (χ1) is 17.5. The van der Waals surface area contributed by atoms with Gasteiger partial charge in [-0.15, -0.1) is 0 Å². The zero-order valence-corrected chi connectivity index (χ0v) is 21.2. The number of carbonyl (C=O) groups excluding carboxylic acids is 2. The van der Waals surface area contributed by atoms with Gasteiger partial charge in [0.05, 0.1) is 27.7 Å². The van der Waals surface area contributed by atoms with Gasteiger partial charge in [0, 0.05) is 19.6 Å². The number of anilines is 1. The summed E-state index contributed by atoms with van der Waals surface area (Å²) in [5.41, 5.74) is -1.54. The molecular weight excluding hydrogens is 535 g/mol. The van der Waals surface area contributed by atoms with E-state index in [9.17, 15) is 31.2 Å². The number of benzene rings is 2. The SMILES string of the molecule is O=C(CN(c1cc(C(F)(F)F)ccc1Cl)S(=O)(=O)c1ccccc1)N1CCCC(CN2CCOC2=O)C1. The van der Waals surface area contributed by atoms with E-state index >= 15 is 0 Å². The largest absolute Gasteiger partial charge is 0.448 e. The minimum atomic E-state index is -4.75. The van der Waals surface area contributed by atoms with Crippen LogP contribution in [0.25, 0.3) is 0 Å². The summed E-state index contributed by atoms with van der Waals surface area (Å²) >= 11 is 6.19. The quantitative estimate of drug-likeness (QED) is 0.506. The predicted octanol–water partition coefficient (Wildman–Crippen LogP) is 4.24. The third kappa shape index (κ3) is 6.12. The summed E-state index contributed by atoms with van der Waals surface area (Å²) in [6.07, 6.45) is -3.76. The molecule has 2 amide bonds. The van der Waals surface area contributed by atoms with Gasteiger partial charge >= 0.3 is 12.3 Å². The van der Waals surface area contributed by atoms with Crippen LogP contribution in [0.3, 0.4) is 0 Å². The maximum atomic E-state index is 13.6. The predicted molar refractivity (Wildman–Crippen MR) is 130 cm³/mol. The van der Waals surface area contributed by atoms with Gasteiger partial charge in [-0.25, -0.2) is 13.2 Å². The second-order valence-corrected chi connectivity index (χ2v) is 11.2. The van der Waals surface area contributed by atoms with Crippen molar-refractivity contribution in [3.63, 3.8) is 0 Å². The number of nitrogens with zero attached hydrogens (tertiary/aromatic N) is 3. The van der Waals surface area contributed by atoms with Crippen molar-refractivity contribution < 1.29 is 35.9 Å². The summed E-state index contributed by atoms with van der Waals surface area (Å²) in [6.45, 7) is 1.05. The Hall–Kier alpha value is -2.99. The molecule has 37 heavy (non-hydrogen) atoms. The number of hydrogen-bond acceptors (Lipinski definition) is 5. The van der Waals surface area contributed by atoms with Crippen LogP contribution in [-0.2, 0) is 25.7 Å². The minimum absolute atomic E-state index is 0.0420. The Morgan fingerprint density at radius 3 is 2.51 bits per heavy atom. The number of carbonyl (C=O) groups is 2. The molecule has 2 fully saturated rings. The maximum Gasteiger partial charge on any atom is 0.416 e. The van der Waals surface area contributed by atoms with E-state index in [1.807, 2.05) is 0 Å². The highest BCUT2D eigenvalue weighted by molar-refractivity contribution is 7.92. The van der Waals surface area contributed by atoms with Crippen LogP contribution in [0.1, 0.15) is 18.4 Å². The summed E-state index contributed by atoms with van der Waals surface area (Å²) in [5, 5.41) is -0.246. The van der Waals surface area contributed by atoms with E-state index < -0.39 is 46.0 Å². The number of amides is 2. The van der Waals surface area contributed by atoms with Gasteiger partial charge in [0.15, 0.2) is 0 Å². The first kappa shape index (κ1) is 27.1. The average molecular weight is 560 g/mol. The topological polar surface area (TPSA) is 87.2 Å². The Kier molecular flexibility index (Phi) is 7.88. The highest BCUT2D eigenvalue weighted by Crippen LogP contribution is 2.37. The molecule has 2 aliphatic rings. The number of piperidine rings is 1. The number of hydrogen-bond donors (Lipinski definition) is 0. The molecule has 2 saturated heterocycles. The van der Waals surface area contributed by atoms with Crippen molar-refractivity contribution >= 4 is 39.3 Å². The van der Waals surface area contributed by atoms with E-state index in [2.05, 4.69) is 0 Å². The lowest BCUT2D eigenvalue weighted by Crippen LogP contribution is -2.48. The monoisotopic (exact) mass is 559 g/mol. The fraction of sp³-hybridized carbons (Fsp3) is 0.417. The summed E-state index contributed by atoms with van der Waals surface area (Å²) in [6, 6.07) is 9.46. The lowest BCUT2D eigenvalue weighted by molar-refractivity contribution is -0.137. The number of halogens is 4. The normalized spacial score (nSPS) is 18.6. The van der Waals surface area contributed by atoms with Crippen molar-refractivity contribution in [3.8, 4) is 0 Å². The smallest absolute Gasteiger partial charge is 0.416 e. The van der Waals surface area contributed by atoms with Crippen LogP contribution in [0.2, 0.25) is 5.02 Å². The van der Waals surface area contributed by atoms with E-state index in [0.717, 1.165) is 18.6 Å². The number of cyclic esters (lactones) is 1. The van der Waals surface area contributed by atoms with Crippen molar-refractivity contribution in [2.75, 3.05) is 43.6 Å². The van der Waals surface area contributed by atoms with Crippen molar-refractivity contribution in [2.45, 2.75) is 23.9 Å². The van der Waals surface area contributed by atoms with Gasteiger partial charge in [-0.1, -0.05) is 29.8 Å². The first-order valence-electron chi connectivity index (χ1n) is 11.6. The molecule has 8 nitrogen and oxygen atoms in total. The number of rotatable bonds is 7. The molecule has 0 N–H and O–H groups in total. The van der Waals surface area contributed by atoms with E-state index in [4.69, 9.17) is 16.3 Å². The Morgan fingerprint density at radius 2 is 1.86 bits per heavy atom. The van der Waals surface area contributed by atoms with Gasteiger partial charge in [0.25, 0.3) is 10.0 Å². The van der Waals surface area contributed by atoms with E-state index in [1.165, 1.54) is 29.2 Å². The van der Waals surface area contributed by atoms with Gasteiger partial charge in [0.2, 0.25) is 5.91 Å². The second kappa shape index (κ2) is 10.8. The third-order valence-corrected chi connectivity index (χ3v) is 8.44. The number of likely N-dealkylation sites (tertiary alicyclic amines) is 1. The van der Waals surface area contributed by atoms with Gasteiger partial charge in [-0.05, 0) is 49.1 Å². The fourth-order valence-corrected chi connectivity index (χ4v) is 6.18. The molecule has 0 spiro atoms. The van der Waals surface area contributed by atoms with Gasteiger partial charge in [-0.3, -0.25) is 9.10 Å². The highest BCUT2D eigenvalue weighted by atomic mass is 35.5. The van der Waals surface area contributed by atoms with Crippen LogP contribution in [0, 0.1) is 5.92 Å². The molecule has 200 valence electrons. The summed E-state index contributed by atoms with van der Waals surface area (Å²) in [4.78, 5) is 28.0. The second-order valence-electron chi connectivity index (χ2n) is 8.90. The molecule has 4 rings (SSSR count). The fourth-order valence-electron chi connectivity index (χ4n) is 4.47. The Labute approximate surface area is 217 Å². The molecule has 2 aromatic rings. The molecule has 1 atom stereocenters. The van der Waals surface area contributed by atoms with Crippen LogP contribution < -0.4 is 4.31 Å². The molecule has 13 heteroatoms. The minimum Gasteiger partial charge on any atom is -0.448 e. The summed E-state index contributed by atoms with van der Waals surface area (Å²) < 4.78 is 73.0. The van der Waals surface area contributed by atoms with E-state index in [1.54, 1.807) is 11.0 Å². The van der Waals surface area contributed by atoms with E-state index in [0.29, 0.717) is 43.0 Å². The number of alkyl halides is 3. The van der Waals surface area contributed by atoms with Gasteiger partial charge in [-0.2, -0.15) is 13.2 Å². The molecule has 0 bridgehead atoms. The average Bonchev–Trinajstić information content (AvgIpc) is 3.27. The molecule has 2 heterocycles. The van der Waals surface area contributed by atoms with Crippen LogP contribution in [0.15, 0.2) is 53.4 Å². The Balaban J connectivity index is 1.62. The molecule has 0 saturated carbocycles. The zero-order chi connectivity index (χ0) is 26.8. The maximum absolute atomic E-state index is 13.6. The van der Waals surface area contributed by atoms with Crippen LogP contribution >= 0.6 is 11.6 Å². The van der Waals surface area contributed by atoms with Crippen molar-refractivity contribution in [1.29, 1.82) is 0 Å². The number of ether oxygens (including phenoxy) is 1. The third-order valence-electron chi connectivity index (χ3n) is 6.35. The lowest BCUT2D eigenvalue weighted by atomic mass is 9.97. The zero-order valence-electron chi connectivity index (χ0n) is 19.7. The molecular formula is C24H25ClF3N3O5S. The van der Waals surface area contributed by atoms with E-state index in [-0.39, 0.29) is 22.4 Å². The van der Waals surface area contributed by atoms with Crippen molar-refractivity contribution in [1.82, 2.24) is 9.80 Å². The Morgan fingerprint density at radius 1 is 1.14 bits per heavy atom. The van der Waals surface area contributed by atoms with Gasteiger partial charge in [0.1, 0.15) is 13.2 Å². The molecule has 2 aliphatic heterocycles. The Bertz CT molecular complexity index is 1260.